The van der Waals surface area contributed by atoms with Crippen molar-refractivity contribution in [2.45, 2.75) is 69.9 Å². The molecule has 0 spiro atoms. The van der Waals surface area contributed by atoms with E-state index in [1.807, 2.05) is 6.08 Å². The van der Waals surface area contributed by atoms with Gasteiger partial charge in [0.25, 0.3) is 0 Å². The van der Waals surface area contributed by atoms with Crippen LogP contribution in [-0.2, 0) is 4.79 Å². The van der Waals surface area contributed by atoms with Crippen molar-refractivity contribution < 1.29 is 9.90 Å². The van der Waals surface area contributed by atoms with E-state index in [4.69, 9.17) is 5.73 Å². The van der Waals surface area contributed by atoms with Crippen LogP contribution in [0.25, 0.3) is 0 Å². The van der Waals surface area contributed by atoms with Gasteiger partial charge in [-0.05, 0) is 62.0 Å². The summed E-state index contributed by atoms with van der Waals surface area (Å²) in [5.74, 6) is 0.631. The summed E-state index contributed by atoms with van der Waals surface area (Å²) in [5.41, 5.74) is 11.0. The van der Waals surface area contributed by atoms with E-state index in [1.54, 1.807) is 0 Å². The highest BCUT2D eigenvalue weighted by Crippen LogP contribution is 2.59. The number of hydrogen-bond donors (Lipinski definition) is 2. The van der Waals surface area contributed by atoms with Gasteiger partial charge in [-0.3, -0.25) is 4.79 Å². The van der Waals surface area contributed by atoms with Crippen molar-refractivity contribution in [2.24, 2.45) is 17.1 Å². The van der Waals surface area contributed by atoms with Gasteiger partial charge in [0.05, 0.1) is 6.10 Å². The van der Waals surface area contributed by atoms with Crippen molar-refractivity contribution in [2.75, 3.05) is 0 Å². The maximum atomic E-state index is 11.7. The standard InChI is InChI=1S/C18H25NO2/c1-17-6-7-18(19)14-5-3-12(20)8-11(14)2-4-15(18)16(17)9-13(21)10-17/h8,13-14,21H,2-7,9-10,19H2,1H3/t13?,14?,17?,18-/m0/s1. The Morgan fingerprint density at radius 3 is 2.86 bits per heavy atom. The zero-order chi connectivity index (χ0) is 14.8. The lowest BCUT2D eigenvalue weighted by molar-refractivity contribution is -0.115. The van der Waals surface area contributed by atoms with Crippen LogP contribution in [0.5, 0.6) is 0 Å². The third-order valence-corrected chi connectivity index (χ3v) is 6.63. The smallest absolute Gasteiger partial charge is 0.155 e. The van der Waals surface area contributed by atoms with Crippen LogP contribution < -0.4 is 5.73 Å². The van der Waals surface area contributed by atoms with Crippen LogP contribution in [-0.4, -0.2) is 22.5 Å². The third kappa shape index (κ3) is 1.83. The molecule has 4 aliphatic rings. The molecule has 0 aromatic heterocycles. The van der Waals surface area contributed by atoms with Gasteiger partial charge in [-0.25, -0.2) is 0 Å². The maximum absolute atomic E-state index is 11.7. The Kier molecular flexibility index (Phi) is 2.81. The summed E-state index contributed by atoms with van der Waals surface area (Å²) in [6.45, 7) is 2.31. The van der Waals surface area contributed by atoms with Gasteiger partial charge in [-0.2, -0.15) is 0 Å². The quantitative estimate of drug-likeness (QED) is 0.673. The fraction of sp³-hybridized carbons (Fsp3) is 0.722. The van der Waals surface area contributed by atoms with Gasteiger partial charge in [0, 0.05) is 17.9 Å². The minimum absolute atomic E-state index is 0.170. The van der Waals surface area contributed by atoms with E-state index in [-0.39, 0.29) is 22.8 Å². The van der Waals surface area contributed by atoms with Gasteiger partial charge in [-0.1, -0.05) is 18.1 Å². The lowest BCUT2D eigenvalue weighted by atomic mass is 9.55. The summed E-state index contributed by atoms with van der Waals surface area (Å²) >= 11 is 0. The van der Waals surface area contributed by atoms with Crippen LogP contribution in [0, 0.1) is 11.3 Å². The second-order valence-electron chi connectivity index (χ2n) is 7.90. The second-order valence-corrected chi connectivity index (χ2v) is 7.90. The van der Waals surface area contributed by atoms with E-state index in [2.05, 4.69) is 6.92 Å². The molecular formula is C18H25NO2. The molecule has 0 bridgehead atoms. The summed E-state index contributed by atoms with van der Waals surface area (Å²) in [5, 5.41) is 10.1. The zero-order valence-corrected chi connectivity index (χ0v) is 12.8. The Morgan fingerprint density at radius 1 is 1.24 bits per heavy atom. The van der Waals surface area contributed by atoms with Crippen molar-refractivity contribution in [3.05, 3.63) is 22.8 Å². The molecule has 0 aromatic rings. The highest BCUT2D eigenvalue weighted by molar-refractivity contribution is 5.91. The number of ketones is 1. The summed E-state index contributed by atoms with van der Waals surface area (Å²) < 4.78 is 0. The van der Waals surface area contributed by atoms with Gasteiger partial charge >= 0.3 is 0 Å². The average molecular weight is 287 g/mol. The Bertz CT molecular complexity index is 576. The molecule has 4 atom stereocenters. The minimum Gasteiger partial charge on any atom is -0.393 e. The van der Waals surface area contributed by atoms with Gasteiger partial charge in [0.1, 0.15) is 0 Å². The molecule has 0 aliphatic heterocycles. The average Bonchev–Trinajstić information content (AvgIpc) is 2.73. The number of carbonyl (C=O) groups excluding carboxylic acids is 1. The van der Waals surface area contributed by atoms with Crippen molar-refractivity contribution in [1.29, 1.82) is 0 Å². The van der Waals surface area contributed by atoms with Crippen molar-refractivity contribution in [3.8, 4) is 0 Å². The highest BCUT2D eigenvalue weighted by Gasteiger charge is 2.53. The zero-order valence-electron chi connectivity index (χ0n) is 12.8. The predicted molar refractivity (Wildman–Crippen MR) is 81.6 cm³/mol. The second kappa shape index (κ2) is 4.30. The molecule has 3 nitrogen and oxygen atoms in total. The SMILES string of the molecule is CC12CC[C@@]3(N)C(=C1CC(O)C2)CCC1=CC(=O)CCC13. The van der Waals surface area contributed by atoms with Crippen LogP contribution in [0.15, 0.2) is 22.8 Å². The fourth-order valence-electron chi connectivity index (χ4n) is 5.58. The van der Waals surface area contributed by atoms with Crippen molar-refractivity contribution in [3.63, 3.8) is 0 Å². The van der Waals surface area contributed by atoms with Crippen LogP contribution in [0.1, 0.15) is 58.3 Å². The van der Waals surface area contributed by atoms with Gasteiger partial charge in [-0.15, -0.1) is 0 Å². The van der Waals surface area contributed by atoms with Crippen LogP contribution >= 0.6 is 0 Å². The van der Waals surface area contributed by atoms with Crippen LogP contribution in [0.4, 0.5) is 0 Å². The monoisotopic (exact) mass is 287 g/mol. The lowest BCUT2D eigenvalue weighted by Crippen LogP contribution is -2.56. The number of hydrogen-bond acceptors (Lipinski definition) is 3. The topological polar surface area (TPSA) is 63.3 Å². The van der Waals surface area contributed by atoms with E-state index < -0.39 is 0 Å². The van der Waals surface area contributed by atoms with E-state index in [0.29, 0.717) is 12.3 Å². The molecule has 3 heteroatoms. The largest absolute Gasteiger partial charge is 0.393 e. The van der Waals surface area contributed by atoms with Gasteiger partial charge in [0.2, 0.25) is 0 Å². The molecule has 21 heavy (non-hydrogen) atoms. The molecule has 4 aliphatic carbocycles. The number of fused-ring (bicyclic) bond motifs is 4. The molecule has 4 rings (SSSR count). The number of nitrogens with two attached hydrogens (primary N) is 1. The Labute approximate surface area is 126 Å². The van der Waals surface area contributed by atoms with Crippen molar-refractivity contribution >= 4 is 5.78 Å². The molecule has 3 N–H and O–H groups in total. The first-order valence-corrected chi connectivity index (χ1v) is 8.36. The lowest BCUT2D eigenvalue weighted by Gasteiger charge is -2.52. The van der Waals surface area contributed by atoms with E-state index in [0.717, 1.165) is 44.9 Å². The summed E-state index contributed by atoms with van der Waals surface area (Å²) in [6, 6.07) is 0. The number of rotatable bonds is 0. The number of aliphatic hydroxyl groups excluding tert-OH is 1. The molecule has 0 aromatic carbocycles. The normalized spacial score (nSPS) is 45.9. The summed E-state index contributed by atoms with van der Waals surface area (Å²) in [7, 11) is 0. The Morgan fingerprint density at radius 2 is 2.05 bits per heavy atom. The maximum Gasteiger partial charge on any atom is 0.155 e. The molecule has 2 saturated carbocycles. The number of carbonyl (C=O) groups is 1. The summed E-state index contributed by atoms with van der Waals surface area (Å²) in [4.78, 5) is 11.7. The molecular weight excluding hydrogens is 262 g/mol. The molecule has 3 unspecified atom stereocenters. The van der Waals surface area contributed by atoms with E-state index >= 15 is 0 Å². The van der Waals surface area contributed by atoms with Crippen LogP contribution in [0.3, 0.4) is 0 Å². The Balaban J connectivity index is 1.81. The molecule has 2 fully saturated rings. The van der Waals surface area contributed by atoms with Crippen LogP contribution in [0.2, 0.25) is 0 Å². The Hall–Kier alpha value is -0.930. The first-order valence-electron chi connectivity index (χ1n) is 8.36. The number of aliphatic hydroxyl groups is 1. The molecule has 114 valence electrons. The summed E-state index contributed by atoms with van der Waals surface area (Å²) in [6.07, 6.45) is 9.02. The molecule has 0 heterocycles. The molecule has 0 radical (unpaired) electrons. The predicted octanol–water partition coefficient (Wildman–Crippen LogP) is 2.63. The third-order valence-electron chi connectivity index (χ3n) is 6.63. The van der Waals surface area contributed by atoms with Crippen molar-refractivity contribution in [1.82, 2.24) is 0 Å². The minimum atomic E-state index is -0.246. The number of allylic oxidation sites excluding steroid dienone is 1. The molecule has 0 saturated heterocycles. The first kappa shape index (κ1) is 13.7. The highest BCUT2D eigenvalue weighted by atomic mass is 16.3. The van der Waals surface area contributed by atoms with Gasteiger partial charge in [0.15, 0.2) is 5.78 Å². The van der Waals surface area contributed by atoms with Gasteiger partial charge < -0.3 is 10.8 Å². The first-order chi connectivity index (χ1) is 9.92. The van der Waals surface area contributed by atoms with E-state index in [1.165, 1.54) is 16.7 Å². The van der Waals surface area contributed by atoms with E-state index in [9.17, 15) is 9.90 Å². The fourth-order valence-corrected chi connectivity index (χ4v) is 5.58. The molecule has 0 amide bonds.